The Bertz CT molecular complexity index is 1210. The summed E-state index contributed by atoms with van der Waals surface area (Å²) in [5, 5.41) is 35.9. The first-order valence-electron chi connectivity index (χ1n) is 7.48. The van der Waals surface area contributed by atoms with Crippen molar-refractivity contribution in [3.05, 3.63) is 46.9 Å². The summed E-state index contributed by atoms with van der Waals surface area (Å²) in [5.41, 5.74) is -0.0677. The molecule has 142 valence electrons. The Balaban J connectivity index is 2.56. The van der Waals surface area contributed by atoms with Gasteiger partial charge in [-0.25, -0.2) is 4.98 Å². The minimum atomic E-state index is -1.08. The van der Waals surface area contributed by atoms with Crippen molar-refractivity contribution >= 4 is 45.3 Å². The van der Waals surface area contributed by atoms with Crippen molar-refractivity contribution in [3.8, 4) is 0 Å². The van der Waals surface area contributed by atoms with Gasteiger partial charge in [-0.15, -0.1) is 4.91 Å². The Morgan fingerprint density at radius 2 is 1.29 bits per heavy atom. The SMILES string of the molecule is CC(C)c1c2nc(N=O)c([N+](=O)[O-])nc2cc2nc([N+](=O)[O-])c([N+](=O)[O-])nc12. The Morgan fingerprint density at radius 3 is 1.75 bits per heavy atom. The zero-order valence-electron chi connectivity index (χ0n) is 14.1. The smallest absolute Gasteiger partial charge is 0.358 e. The van der Waals surface area contributed by atoms with Crippen LogP contribution in [0.5, 0.6) is 0 Å². The van der Waals surface area contributed by atoms with Crippen molar-refractivity contribution < 1.29 is 14.8 Å². The highest BCUT2D eigenvalue weighted by molar-refractivity contribution is 5.97. The Kier molecular flexibility index (Phi) is 4.26. The predicted molar refractivity (Wildman–Crippen MR) is 92.1 cm³/mol. The number of nitro groups is 3. The maximum absolute atomic E-state index is 11.2. The maximum Gasteiger partial charge on any atom is 0.463 e. The monoisotopic (exact) mass is 388 g/mol. The first kappa shape index (κ1) is 18.5. The fourth-order valence-electron chi connectivity index (χ4n) is 2.68. The van der Waals surface area contributed by atoms with Crippen LogP contribution in [-0.4, -0.2) is 34.7 Å². The standard InChI is InChI=1S/C13H8N8O7/c1-4(2)7-8-5(14-11(19(23)24)10(16-8)18-22)3-6-9(7)17-13(21(27)28)12(15-6)20(25)26/h3-4H,1-2H3. The Hall–Kier alpha value is -4.30. The second-order valence-electron chi connectivity index (χ2n) is 5.78. The molecule has 0 aliphatic rings. The van der Waals surface area contributed by atoms with Crippen molar-refractivity contribution in [2.45, 2.75) is 19.8 Å². The Labute approximate surface area is 152 Å². The first-order chi connectivity index (χ1) is 13.1. The number of hydrogen-bond donors (Lipinski definition) is 0. The van der Waals surface area contributed by atoms with E-state index < -0.39 is 44.0 Å². The molecular formula is C13H8N8O7. The van der Waals surface area contributed by atoms with Crippen molar-refractivity contribution in [1.82, 2.24) is 19.9 Å². The molecule has 1 aromatic carbocycles. The van der Waals surface area contributed by atoms with E-state index >= 15 is 0 Å². The minimum Gasteiger partial charge on any atom is -0.358 e. The zero-order valence-corrected chi connectivity index (χ0v) is 14.1. The summed E-state index contributed by atoms with van der Waals surface area (Å²) in [4.78, 5) is 56.3. The summed E-state index contributed by atoms with van der Waals surface area (Å²) < 4.78 is 0. The predicted octanol–water partition coefficient (Wildman–Crippen LogP) is 2.82. The van der Waals surface area contributed by atoms with Gasteiger partial charge in [-0.05, 0) is 40.8 Å². The van der Waals surface area contributed by atoms with Gasteiger partial charge in [0.25, 0.3) is 5.82 Å². The summed E-state index contributed by atoms with van der Waals surface area (Å²) in [7, 11) is 0. The van der Waals surface area contributed by atoms with Crippen LogP contribution in [0.15, 0.2) is 11.2 Å². The lowest BCUT2D eigenvalue weighted by atomic mass is 9.99. The summed E-state index contributed by atoms with van der Waals surface area (Å²) in [5.74, 6) is -4.23. The molecule has 0 amide bonds. The molecule has 3 rings (SSSR count). The second-order valence-corrected chi connectivity index (χ2v) is 5.78. The zero-order chi connectivity index (χ0) is 20.7. The van der Waals surface area contributed by atoms with Crippen LogP contribution in [0.3, 0.4) is 0 Å². The molecule has 0 unspecified atom stereocenters. The van der Waals surface area contributed by atoms with Crippen LogP contribution in [0, 0.1) is 35.3 Å². The molecule has 3 aromatic rings. The fourth-order valence-corrected chi connectivity index (χ4v) is 2.68. The van der Waals surface area contributed by atoms with Crippen LogP contribution < -0.4 is 0 Å². The molecule has 0 radical (unpaired) electrons. The number of nitroso groups, excluding NO2 is 1. The molecule has 0 fully saturated rings. The summed E-state index contributed by atoms with van der Waals surface area (Å²) in [6.07, 6.45) is 0. The molecule has 0 aliphatic carbocycles. The molecule has 0 saturated carbocycles. The number of rotatable bonds is 5. The normalized spacial score (nSPS) is 11.1. The molecule has 15 heteroatoms. The molecule has 0 spiro atoms. The number of hydrogen-bond acceptors (Lipinski definition) is 12. The molecule has 0 aliphatic heterocycles. The van der Waals surface area contributed by atoms with Crippen LogP contribution in [0.1, 0.15) is 25.3 Å². The third-order valence-corrected chi connectivity index (χ3v) is 3.74. The average molecular weight is 388 g/mol. The maximum atomic E-state index is 11.2. The van der Waals surface area contributed by atoms with Crippen molar-refractivity contribution in [1.29, 1.82) is 0 Å². The molecule has 0 saturated heterocycles. The van der Waals surface area contributed by atoms with Crippen LogP contribution in [0.2, 0.25) is 0 Å². The number of aromatic nitrogens is 4. The topological polar surface area (TPSA) is 210 Å². The van der Waals surface area contributed by atoms with Gasteiger partial charge >= 0.3 is 17.5 Å². The van der Waals surface area contributed by atoms with Gasteiger partial charge in [0.2, 0.25) is 16.6 Å². The second kappa shape index (κ2) is 6.45. The minimum absolute atomic E-state index is 0.000140. The quantitative estimate of drug-likeness (QED) is 0.268. The Morgan fingerprint density at radius 1 is 0.821 bits per heavy atom. The van der Waals surface area contributed by atoms with E-state index in [1.807, 2.05) is 0 Å². The average Bonchev–Trinajstić information content (AvgIpc) is 2.63. The first-order valence-corrected chi connectivity index (χ1v) is 7.48. The summed E-state index contributed by atoms with van der Waals surface area (Å²) >= 11 is 0. The van der Waals surface area contributed by atoms with Crippen LogP contribution in [0.25, 0.3) is 22.1 Å². The molecule has 0 N–H and O–H groups in total. The van der Waals surface area contributed by atoms with Crippen molar-refractivity contribution in [2.75, 3.05) is 0 Å². The summed E-state index contributed by atoms with van der Waals surface area (Å²) in [6.45, 7) is 3.33. The van der Waals surface area contributed by atoms with Gasteiger partial charge in [0, 0.05) is 11.6 Å². The molecule has 15 nitrogen and oxygen atoms in total. The van der Waals surface area contributed by atoms with E-state index in [1.165, 1.54) is 0 Å². The lowest BCUT2D eigenvalue weighted by Gasteiger charge is -2.07. The molecule has 0 bridgehead atoms. The number of fused-ring (bicyclic) bond motifs is 2. The molecule has 0 atom stereocenters. The third-order valence-electron chi connectivity index (χ3n) is 3.74. The highest BCUT2D eigenvalue weighted by Crippen LogP contribution is 2.36. The van der Waals surface area contributed by atoms with E-state index in [4.69, 9.17) is 0 Å². The van der Waals surface area contributed by atoms with E-state index in [9.17, 15) is 35.3 Å². The van der Waals surface area contributed by atoms with Crippen molar-refractivity contribution in [3.63, 3.8) is 0 Å². The molecule has 28 heavy (non-hydrogen) atoms. The van der Waals surface area contributed by atoms with Gasteiger partial charge < -0.3 is 30.3 Å². The lowest BCUT2D eigenvalue weighted by molar-refractivity contribution is -0.428. The van der Waals surface area contributed by atoms with E-state index in [0.29, 0.717) is 0 Å². The van der Waals surface area contributed by atoms with E-state index in [2.05, 4.69) is 25.1 Å². The number of nitrogens with zero attached hydrogens (tertiary/aromatic N) is 8. The molecule has 2 heterocycles. The third kappa shape index (κ3) is 2.79. The van der Waals surface area contributed by atoms with Gasteiger partial charge in [0.05, 0.1) is 0 Å². The van der Waals surface area contributed by atoms with E-state index in [0.717, 1.165) is 6.07 Å². The van der Waals surface area contributed by atoms with Crippen LogP contribution in [-0.2, 0) is 0 Å². The summed E-state index contributed by atoms with van der Waals surface area (Å²) in [6, 6.07) is 1.12. The molecular weight excluding hydrogens is 380 g/mol. The highest BCUT2D eigenvalue weighted by Gasteiger charge is 2.34. The van der Waals surface area contributed by atoms with Crippen LogP contribution >= 0.6 is 0 Å². The van der Waals surface area contributed by atoms with Gasteiger partial charge in [-0.1, -0.05) is 13.8 Å². The van der Waals surface area contributed by atoms with Gasteiger partial charge in [0.1, 0.15) is 5.52 Å². The van der Waals surface area contributed by atoms with E-state index in [-0.39, 0.29) is 27.6 Å². The number of benzene rings is 1. The molecule has 2 aromatic heterocycles. The fraction of sp³-hybridized carbons (Fsp3) is 0.231. The van der Waals surface area contributed by atoms with Gasteiger partial charge in [-0.2, -0.15) is 0 Å². The van der Waals surface area contributed by atoms with Gasteiger partial charge in [-0.3, -0.25) is 0 Å². The largest absolute Gasteiger partial charge is 0.463 e. The van der Waals surface area contributed by atoms with Gasteiger partial charge in [0.15, 0.2) is 0 Å². The van der Waals surface area contributed by atoms with Crippen molar-refractivity contribution in [2.24, 2.45) is 5.18 Å². The highest BCUT2D eigenvalue weighted by atomic mass is 16.6. The van der Waals surface area contributed by atoms with Crippen LogP contribution in [0.4, 0.5) is 23.3 Å². The van der Waals surface area contributed by atoms with E-state index in [1.54, 1.807) is 13.8 Å². The lowest BCUT2D eigenvalue weighted by Crippen LogP contribution is -2.06.